The van der Waals surface area contributed by atoms with E-state index in [1.165, 1.54) is 6.92 Å². The molecule has 1 unspecified atom stereocenters. The maximum atomic E-state index is 8.69. The van der Waals surface area contributed by atoms with E-state index in [2.05, 4.69) is 0 Å². The van der Waals surface area contributed by atoms with Crippen molar-refractivity contribution >= 4 is 32.1 Å². The molecular formula is C3H9LiMgO6Si. The minimum absolute atomic E-state index is 0. The van der Waals surface area contributed by atoms with Gasteiger partial charge in [-0.05, 0) is 6.92 Å². The van der Waals surface area contributed by atoms with Crippen LogP contribution in [0.4, 0.5) is 0 Å². The summed E-state index contributed by atoms with van der Waals surface area (Å²) in [6.45, 7) is 1.39. The van der Waals surface area contributed by atoms with Crippen LogP contribution in [0.5, 0.6) is 0 Å². The zero-order valence-electron chi connectivity index (χ0n) is 7.06. The predicted molar refractivity (Wildman–Crippen MR) is 32.5 cm³/mol. The Labute approximate surface area is 99.7 Å². The third kappa shape index (κ3) is 109. The zero-order valence-corrected chi connectivity index (χ0v) is 9.47. The van der Waals surface area contributed by atoms with Crippen LogP contribution in [0.25, 0.3) is 0 Å². The van der Waals surface area contributed by atoms with Gasteiger partial charge in [0, 0.05) is 0 Å². The van der Waals surface area contributed by atoms with Crippen molar-refractivity contribution in [3.63, 3.8) is 0 Å². The van der Waals surface area contributed by atoms with Crippen molar-refractivity contribution in [3.8, 4) is 0 Å². The third-order valence-electron chi connectivity index (χ3n) is 0.264. The van der Waals surface area contributed by atoms with Crippen LogP contribution in [0.1, 0.15) is 6.92 Å². The molecule has 0 aromatic carbocycles. The minimum atomic E-state index is -5.36. The molecule has 1 atom stereocenters. The first kappa shape index (κ1) is 23.3. The molecule has 0 aliphatic heterocycles. The molecule has 0 fully saturated rings. The molecule has 0 saturated heterocycles. The second-order valence-electron chi connectivity index (χ2n) is 1.56. The normalized spacial score (nSPS) is 11.2. The van der Waals surface area contributed by atoms with Crippen LogP contribution in [0.3, 0.4) is 0 Å². The van der Waals surface area contributed by atoms with Crippen molar-refractivity contribution in [2.45, 2.75) is 13.0 Å². The molecule has 0 saturated carbocycles. The van der Waals surface area contributed by atoms with E-state index in [0.29, 0.717) is 0 Å². The summed E-state index contributed by atoms with van der Waals surface area (Å²) in [5.74, 6) is 0. The van der Waals surface area contributed by atoms with Gasteiger partial charge in [-0.3, -0.25) is 0 Å². The molecule has 0 spiro atoms. The van der Waals surface area contributed by atoms with E-state index < -0.39 is 15.2 Å². The first-order valence-corrected chi connectivity index (χ1v) is 4.07. The number of hydrogen-bond acceptors (Lipinski definition) is 6. The van der Waals surface area contributed by atoms with Crippen LogP contribution in [0, 0.1) is 0 Å². The van der Waals surface area contributed by atoms with Gasteiger partial charge in [-0.2, -0.15) is 0 Å². The van der Waals surface area contributed by atoms with Gasteiger partial charge in [0.1, 0.15) is 0 Å². The maximum absolute atomic E-state index is 8.69. The summed E-state index contributed by atoms with van der Waals surface area (Å²) in [6.07, 6.45) is -0.560. The second-order valence-corrected chi connectivity index (χ2v) is 2.60. The summed E-state index contributed by atoms with van der Waals surface area (Å²) in [5, 5.41) is 16.0. The van der Waals surface area contributed by atoms with E-state index >= 15 is 0 Å². The van der Waals surface area contributed by atoms with Crippen LogP contribution in [-0.2, 0) is 0 Å². The van der Waals surface area contributed by atoms with Crippen LogP contribution in [-0.4, -0.2) is 59.8 Å². The van der Waals surface area contributed by atoms with Crippen molar-refractivity contribution in [1.82, 2.24) is 0 Å². The Morgan fingerprint density at radius 1 is 1.33 bits per heavy atom. The van der Waals surface area contributed by atoms with Crippen LogP contribution in [0.2, 0.25) is 0 Å². The van der Waals surface area contributed by atoms with Gasteiger partial charge in [-0.25, -0.2) is 0 Å². The van der Waals surface area contributed by atoms with Gasteiger partial charge in [-0.15, -0.1) is 9.05 Å². The number of hydrogen-bond donors (Lipinski definition) is 3. The molecule has 0 rings (SSSR count). The predicted octanol–water partition coefficient (Wildman–Crippen LogP) is -8.52. The van der Waals surface area contributed by atoms with Crippen molar-refractivity contribution in [2.75, 3.05) is 6.61 Å². The Hall–Kier alpha value is 1.34. The summed E-state index contributed by atoms with van der Waals surface area (Å²) in [4.78, 5) is 33.1. The Kier molecular flexibility index (Phi) is 23.9. The van der Waals surface area contributed by atoms with Gasteiger partial charge < -0.3 is 29.4 Å². The van der Waals surface area contributed by atoms with E-state index in [-0.39, 0.29) is 48.5 Å². The largest absolute Gasteiger partial charge is 2.00 e. The fourth-order valence-electron chi connectivity index (χ4n) is 0. The molecule has 0 aromatic heterocycles. The molecule has 0 aliphatic carbocycles. The minimum Gasteiger partial charge on any atom is -0.861 e. The summed E-state index contributed by atoms with van der Waals surface area (Å²) < 4.78 is 0. The average molecular weight is 200 g/mol. The van der Waals surface area contributed by atoms with Gasteiger partial charge >= 0.3 is 41.9 Å². The standard InChI is InChI=1S/C3H8O2.Li.Mg.HO4Si/c1-3(5)2-4;;;1-5(2,3)4/h3-5H,2H2,1H3;;;1H/q;+1;+2;-3. The summed E-state index contributed by atoms with van der Waals surface area (Å²) in [6, 6.07) is 0. The van der Waals surface area contributed by atoms with Gasteiger partial charge in [0.15, 0.2) is 0 Å². The van der Waals surface area contributed by atoms with Crippen molar-refractivity contribution in [2.24, 2.45) is 0 Å². The number of aliphatic hydroxyl groups excluding tert-OH is 2. The number of aliphatic hydroxyl groups is 2. The van der Waals surface area contributed by atoms with Crippen molar-refractivity contribution < 1.29 is 48.3 Å². The molecule has 64 valence electrons. The molecule has 0 bridgehead atoms. The zero-order chi connectivity index (χ0) is 8.78. The van der Waals surface area contributed by atoms with E-state index in [1.807, 2.05) is 0 Å². The fourth-order valence-corrected chi connectivity index (χ4v) is 0. The van der Waals surface area contributed by atoms with Gasteiger partial charge in [-0.1, -0.05) is 0 Å². The molecule has 0 aliphatic rings. The van der Waals surface area contributed by atoms with Gasteiger partial charge in [0.25, 0.3) is 0 Å². The Bertz CT molecular complexity index is 71.7. The fraction of sp³-hybridized carbons (Fsp3) is 1.00. The smallest absolute Gasteiger partial charge is 0.861 e. The first-order chi connectivity index (χ1) is 4.27. The molecular weight excluding hydrogens is 191 g/mol. The SMILES string of the molecule is CC(O)CO.[Li+].[Mg+2].[O-][Si]([O-])([O-])O. The number of rotatable bonds is 1. The monoisotopic (exact) mass is 200 g/mol. The molecule has 3 N–H and O–H groups in total. The van der Waals surface area contributed by atoms with Crippen molar-refractivity contribution in [3.05, 3.63) is 0 Å². The van der Waals surface area contributed by atoms with Gasteiger partial charge in [0.2, 0.25) is 0 Å². The Morgan fingerprint density at radius 2 is 1.42 bits per heavy atom. The van der Waals surface area contributed by atoms with E-state index in [4.69, 9.17) is 29.4 Å². The molecule has 0 aromatic rings. The van der Waals surface area contributed by atoms with E-state index in [1.54, 1.807) is 0 Å². The van der Waals surface area contributed by atoms with Crippen LogP contribution in [0.15, 0.2) is 0 Å². The maximum Gasteiger partial charge on any atom is 2.00 e. The molecule has 12 heavy (non-hydrogen) atoms. The second kappa shape index (κ2) is 12.3. The van der Waals surface area contributed by atoms with E-state index in [0.717, 1.165) is 0 Å². The third-order valence-corrected chi connectivity index (χ3v) is 0.264. The van der Waals surface area contributed by atoms with Crippen LogP contribution >= 0.6 is 0 Å². The Morgan fingerprint density at radius 3 is 1.42 bits per heavy atom. The molecule has 0 radical (unpaired) electrons. The summed E-state index contributed by atoms with van der Waals surface area (Å²) in [5.41, 5.74) is 0. The summed E-state index contributed by atoms with van der Waals surface area (Å²) >= 11 is 0. The van der Waals surface area contributed by atoms with Gasteiger partial charge in [0.05, 0.1) is 12.7 Å². The van der Waals surface area contributed by atoms with E-state index in [9.17, 15) is 0 Å². The summed E-state index contributed by atoms with van der Waals surface area (Å²) in [7, 11) is -5.36. The quantitative estimate of drug-likeness (QED) is 0.360. The van der Waals surface area contributed by atoms with Crippen LogP contribution < -0.4 is 33.2 Å². The Balaban J connectivity index is -0.0000000457. The topological polar surface area (TPSA) is 130 Å². The average Bonchev–Trinajstić information content (AvgIpc) is 1.61. The molecule has 0 heterocycles. The molecule has 9 heteroatoms. The van der Waals surface area contributed by atoms with Crippen molar-refractivity contribution in [1.29, 1.82) is 0 Å². The first-order valence-electron chi connectivity index (χ1n) is 2.40. The molecule has 6 nitrogen and oxygen atoms in total. The molecule has 0 amide bonds.